The molecule has 0 aromatic heterocycles. The van der Waals surface area contributed by atoms with Gasteiger partial charge in [-0.15, -0.1) is 0 Å². The third-order valence-electron chi connectivity index (χ3n) is 2.86. The Morgan fingerprint density at radius 1 is 1.29 bits per heavy atom. The summed E-state index contributed by atoms with van der Waals surface area (Å²) in [5, 5.41) is 5.84. The van der Waals surface area contributed by atoms with Crippen LogP contribution in [0.4, 0.5) is 0 Å². The van der Waals surface area contributed by atoms with Crippen LogP contribution in [-0.4, -0.2) is 17.1 Å². The van der Waals surface area contributed by atoms with Gasteiger partial charge in [-0.1, -0.05) is 51.1 Å². The summed E-state index contributed by atoms with van der Waals surface area (Å²) >= 11 is 0. The van der Waals surface area contributed by atoms with Gasteiger partial charge in [-0.05, 0) is 5.56 Å². The first kappa shape index (κ1) is 11.8. The molecule has 1 aromatic carbocycles. The number of hydrogen-bond acceptors (Lipinski definition) is 2. The SMILES string of the molecule is CC(C)(C)C(=O)N1N=CC[C@@H]1c1ccccc1. The normalized spacial score (nSPS) is 19.7. The maximum absolute atomic E-state index is 12.3. The second-order valence-electron chi connectivity index (χ2n) is 5.36. The molecule has 0 saturated carbocycles. The van der Waals surface area contributed by atoms with E-state index in [1.807, 2.05) is 57.3 Å². The van der Waals surface area contributed by atoms with E-state index in [9.17, 15) is 4.79 Å². The summed E-state index contributed by atoms with van der Waals surface area (Å²) in [6.07, 6.45) is 2.62. The summed E-state index contributed by atoms with van der Waals surface area (Å²) in [7, 11) is 0. The maximum atomic E-state index is 12.3. The Kier molecular flexibility index (Phi) is 3.01. The first-order chi connectivity index (χ1) is 8.00. The summed E-state index contributed by atoms with van der Waals surface area (Å²) in [5.41, 5.74) is 0.747. The van der Waals surface area contributed by atoms with Gasteiger partial charge < -0.3 is 0 Å². The molecule has 0 radical (unpaired) electrons. The van der Waals surface area contributed by atoms with Crippen molar-refractivity contribution in [2.75, 3.05) is 0 Å². The van der Waals surface area contributed by atoms with Crippen molar-refractivity contribution < 1.29 is 4.79 Å². The van der Waals surface area contributed by atoms with Gasteiger partial charge in [0.2, 0.25) is 5.91 Å². The van der Waals surface area contributed by atoms with Gasteiger partial charge in [-0.3, -0.25) is 4.79 Å². The van der Waals surface area contributed by atoms with Crippen LogP contribution >= 0.6 is 0 Å². The second kappa shape index (κ2) is 4.32. The van der Waals surface area contributed by atoms with Gasteiger partial charge in [0.25, 0.3) is 0 Å². The molecule has 0 fully saturated rings. The molecule has 0 aliphatic carbocycles. The summed E-state index contributed by atoms with van der Waals surface area (Å²) < 4.78 is 0. The Balaban J connectivity index is 2.24. The molecule has 1 aliphatic rings. The molecule has 2 rings (SSSR count). The van der Waals surface area contributed by atoms with E-state index in [1.54, 1.807) is 5.01 Å². The lowest BCUT2D eigenvalue weighted by molar-refractivity contribution is -0.141. The molecule has 0 saturated heterocycles. The molecule has 17 heavy (non-hydrogen) atoms. The number of benzene rings is 1. The van der Waals surface area contributed by atoms with E-state index in [0.717, 1.165) is 12.0 Å². The highest BCUT2D eigenvalue weighted by atomic mass is 16.2. The summed E-state index contributed by atoms with van der Waals surface area (Å²) in [4.78, 5) is 12.3. The van der Waals surface area contributed by atoms with Gasteiger partial charge in [0.15, 0.2) is 0 Å². The smallest absolute Gasteiger partial charge is 0.248 e. The van der Waals surface area contributed by atoms with Crippen molar-refractivity contribution in [3.05, 3.63) is 35.9 Å². The van der Waals surface area contributed by atoms with Crippen LogP contribution in [0, 0.1) is 5.41 Å². The Labute approximate surface area is 102 Å². The minimum Gasteiger partial charge on any atom is -0.272 e. The number of hydrazone groups is 1. The van der Waals surface area contributed by atoms with Crippen LogP contribution < -0.4 is 0 Å². The average molecular weight is 230 g/mol. The van der Waals surface area contributed by atoms with E-state index in [0.29, 0.717) is 0 Å². The van der Waals surface area contributed by atoms with E-state index in [-0.39, 0.29) is 11.9 Å². The Hall–Kier alpha value is -1.64. The molecule has 0 unspecified atom stereocenters. The third kappa shape index (κ3) is 2.38. The van der Waals surface area contributed by atoms with Gasteiger partial charge >= 0.3 is 0 Å². The predicted octanol–water partition coefficient (Wildman–Crippen LogP) is 2.99. The number of carbonyl (C=O) groups excluding carboxylic acids is 1. The fourth-order valence-electron chi connectivity index (χ4n) is 1.91. The van der Waals surface area contributed by atoms with E-state index in [4.69, 9.17) is 0 Å². The van der Waals surface area contributed by atoms with Crippen molar-refractivity contribution in [1.82, 2.24) is 5.01 Å². The lowest BCUT2D eigenvalue weighted by Gasteiger charge is -2.28. The maximum Gasteiger partial charge on any atom is 0.248 e. The number of hydrogen-bond donors (Lipinski definition) is 0. The van der Waals surface area contributed by atoms with Crippen LogP contribution in [0.15, 0.2) is 35.4 Å². The molecule has 0 bridgehead atoms. The van der Waals surface area contributed by atoms with Crippen molar-refractivity contribution in [2.24, 2.45) is 10.5 Å². The van der Waals surface area contributed by atoms with Gasteiger partial charge in [0, 0.05) is 18.1 Å². The average Bonchev–Trinajstić information content (AvgIpc) is 2.76. The largest absolute Gasteiger partial charge is 0.272 e. The highest BCUT2D eigenvalue weighted by Crippen LogP contribution is 2.31. The van der Waals surface area contributed by atoms with Crippen molar-refractivity contribution in [3.63, 3.8) is 0 Å². The number of nitrogens with zero attached hydrogens (tertiary/aromatic N) is 2. The minimum absolute atomic E-state index is 0.0583. The summed E-state index contributed by atoms with van der Waals surface area (Å²) in [5.74, 6) is 0.0695. The fourth-order valence-corrected chi connectivity index (χ4v) is 1.91. The summed E-state index contributed by atoms with van der Waals surface area (Å²) in [6.45, 7) is 5.77. The van der Waals surface area contributed by atoms with E-state index in [1.165, 1.54) is 0 Å². The lowest BCUT2D eigenvalue weighted by atomic mass is 9.94. The molecule has 1 aliphatic heterocycles. The van der Waals surface area contributed by atoms with Gasteiger partial charge in [-0.25, -0.2) is 5.01 Å². The van der Waals surface area contributed by atoms with E-state index in [2.05, 4.69) is 5.10 Å². The lowest BCUT2D eigenvalue weighted by Crippen LogP contribution is -2.36. The van der Waals surface area contributed by atoms with Crippen LogP contribution in [0.5, 0.6) is 0 Å². The zero-order valence-corrected chi connectivity index (χ0v) is 10.6. The van der Waals surface area contributed by atoms with Crippen molar-refractivity contribution >= 4 is 12.1 Å². The van der Waals surface area contributed by atoms with Gasteiger partial charge in [0.05, 0.1) is 6.04 Å². The van der Waals surface area contributed by atoms with Crippen LogP contribution in [0.2, 0.25) is 0 Å². The Morgan fingerprint density at radius 3 is 2.53 bits per heavy atom. The number of carbonyl (C=O) groups is 1. The Morgan fingerprint density at radius 2 is 1.94 bits per heavy atom. The molecule has 1 aromatic rings. The molecule has 1 amide bonds. The Bertz CT molecular complexity index is 431. The van der Waals surface area contributed by atoms with E-state index < -0.39 is 5.41 Å². The highest BCUT2D eigenvalue weighted by molar-refractivity contribution is 5.84. The van der Waals surface area contributed by atoms with Gasteiger partial charge in [0.1, 0.15) is 0 Å². The van der Waals surface area contributed by atoms with Gasteiger partial charge in [-0.2, -0.15) is 5.10 Å². The molecular formula is C14H18N2O. The highest BCUT2D eigenvalue weighted by Gasteiger charge is 2.34. The second-order valence-corrected chi connectivity index (χ2v) is 5.36. The van der Waals surface area contributed by atoms with Crippen LogP contribution in [0.1, 0.15) is 38.8 Å². The molecule has 0 spiro atoms. The van der Waals surface area contributed by atoms with Crippen LogP contribution in [0.25, 0.3) is 0 Å². The molecular weight excluding hydrogens is 212 g/mol. The third-order valence-corrected chi connectivity index (χ3v) is 2.86. The fraction of sp³-hybridized carbons (Fsp3) is 0.429. The number of rotatable bonds is 1. The molecule has 90 valence electrons. The summed E-state index contributed by atoms with van der Waals surface area (Å²) in [6, 6.07) is 10.1. The monoisotopic (exact) mass is 230 g/mol. The molecule has 3 heteroatoms. The van der Waals surface area contributed by atoms with Crippen molar-refractivity contribution in [1.29, 1.82) is 0 Å². The van der Waals surface area contributed by atoms with E-state index >= 15 is 0 Å². The quantitative estimate of drug-likeness (QED) is 0.730. The molecule has 3 nitrogen and oxygen atoms in total. The first-order valence-corrected chi connectivity index (χ1v) is 5.91. The predicted molar refractivity (Wildman–Crippen MR) is 68.6 cm³/mol. The van der Waals surface area contributed by atoms with Crippen molar-refractivity contribution in [2.45, 2.75) is 33.2 Å². The number of amides is 1. The molecule has 0 N–H and O–H groups in total. The minimum atomic E-state index is -0.394. The molecule has 1 atom stereocenters. The van der Waals surface area contributed by atoms with Crippen LogP contribution in [0.3, 0.4) is 0 Å². The van der Waals surface area contributed by atoms with Crippen molar-refractivity contribution in [3.8, 4) is 0 Å². The zero-order valence-electron chi connectivity index (χ0n) is 10.6. The standard InChI is InChI=1S/C14H18N2O/c1-14(2,3)13(17)16-12(9-10-15-16)11-7-5-4-6-8-11/h4-8,10,12H,9H2,1-3H3/t12-/m1/s1. The topological polar surface area (TPSA) is 32.7 Å². The molecule has 1 heterocycles. The first-order valence-electron chi connectivity index (χ1n) is 5.91. The zero-order chi connectivity index (χ0) is 12.5. The van der Waals surface area contributed by atoms with Crippen LogP contribution in [-0.2, 0) is 4.79 Å².